The summed E-state index contributed by atoms with van der Waals surface area (Å²) in [6.07, 6.45) is 0.491. The Morgan fingerprint density at radius 1 is 1.38 bits per heavy atom. The van der Waals surface area contributed by atoms with Crippen LogP contribution in [-0.4, -0.2) is 28.2 Å². The van der Waals surface area contributed by atoms with Gasteiger partial charge in [-0.3, -0.25) is 0 Å². The van der Waals surface area contributed by atoms with Gasteiger partial charge in [0.15, 0.2) is 0 Å². The number of ether oxygens (including phenoxy) is 2. The molecule has 0 saturated carbocycles. The molecule has 116 valence electrons. The quantitative estimate of drug-likeness (QED) is 0.525. The second-order valence-corrected chi connectivity index (χ2v) is 6.60. The van der Waals surface area contributed by atoms with Crippen LogP contribution in [0.1, 0.15) is 46.6 Å². The van der Waals surface area contributed by atoms with Crippen molar-refractivity contribution in [3.05, 3.63) is 29.6 Å². The Labute approximate surface area is 124 Å². The van der Waals surface area contributed by atoms with E-state index in [0.29, 0.717) is 23.4 Å². The highest BCUT2D eigenvalue weighted by atomic mass is 19.1. The van der Waals surface area contributed by atoms with Gasteiger partial charge in [-0.15, -0.1) is 0 Å². The lowest BCUT2D eigenvalue weighted by atomic mass is 9.97. The molecule has 1 fully saturated rings. The van der Waals surface area contributed by atoms with E-state index >= 15 is 0 Å². The van der Waals surface area contributed by atoms with Crippen LogP contribution in [0.5, 0.6) is 5.75 Å². The largest absolute Gasteiger partial charge is 0.487 e. The summed E-state index contributed by atoms with van der Waals surface area (Å²) < 4.78 is 25.5. The fourth-order valence-corrected chi connectivity index (χ4v) is 2.80. The number of hydrogen-bond acceptors (Lipinski definition) is 4. The maximum Gasteiger partial charge on any atom is 0.131 e. The van der Waals surface area contributed by atoms with Gasteiger partial charge in [-0.25, -0.2) is 4.39 Å². The zero-order valence-corrected chi connectivity index (χ0v) is 13.1. The number of rotatable bonds is 3. The minimum Gasteiger partial charge on any atom is -0.487 e. The van der Waals surface area contributed by atoms with Crippen LogP contribution in [0.4, 0.5) is 4.39 Å². The second kappa shape index (κ2) is 5.30. The van der Waals surface area contributed by atoms with Crippen LogP contribution in [0, 0.1) is 5.82 Å². The second-order valence-electron chi connectivity index (χ2n) is 6.60. The fraction of sp³-hybridized carbons (Fsp3) is 0.562. The van der Waals surface area contributed by atoms with Crippen LogP contribution >= 0.6 is 0 Å². The van der Waals surface area contributed by atoms with E-state index in [1.54, 1.807) is 13.0 Å². The van der Waals surface area contributed by atoms with Crippen molar-refractivity contribution in [3.8, 4) is 5.75 Å². The normalized spacial score (nSPS) is 24.1. The lowest BCUT2D eigenvalue weighted by molar-refractivity contribution is -0.0846. The predicted octanol–water partition coefficient (Wildman–Crippen LogP) is 3.75. The van der Waals surface area contributed by atoms with Crippen molar-refractivity contribution >= 4 is 5.71 Å². The molecule has 1 aliphatic heterocycles. The van der Waals surface area contributed by atoms with Gasteiger partial charge < -0.3 is 14.7 Å². The third-order valence-corrected chi connectivity index (χ3v) is 3.74. The average molecular weight is 295 g/mol. The summed E-state index contributed by atoms with van der Waals surface area (Å²) >= 11 is 0. The van der Waals surface area contributed by atoms with Gasteiger partial charge in [0, 0.05) is 18.1 Å². The molecule has 0 bridgehead atoms. The highest BCUT2D eigenvalue weighted by Gasteiger charge is 2.47. The summed E-state index contributed by atoms with van der Waals surface area (Å²) in [6.45, 7) is 9.56. The zero-order chi connectivity index (χ0) is 15.8. The van der Waals surface area contributed by atoms with Crippen LogP contribution in [0.3, 0.4) is 0 Å². The summed E-state index contributed by atoms with van der Waals surface area (Å²) in [5.41, 5.74) is 0.180. The maximum absolute atomic E-state index is 13.5. The van der Waals surface area contributed by atoms with E-state index in [9.17, 15) is 4.39 Å². The van der Waals surface area contributed by atoms with E-state index in [2.05, 4.69) is 5.16 Å². The van der Waals surface area contributed by atoms with Crippen molar-refractivity contribution in [1.29, 1.82) is 0 Å². The summed E-state index contributed by atoms with van der Waals surface area (Å²) in [6, 6.07) is 4.18. The van der Waals surface area contributed by atoms with Gasteiger partial charge in [0.1, 0.15) is 23.3 Å². The van der Waals surface area contributed by atoms with Crippen LogP contribution in [0.15, 0.2) is 23.4 Å². The molecule has 1 aliphatic rings. The predicted molar refractivity (Wildman–Crippen MR) is 78.7 cm³/mol. The molecule has 0 spiro atoms. The third-order valence-electron chi connectivity index (χ3n) is 3.74. The maximum atomic E-state index is 13.5. The molecule has 1 atom stereocenters. The molecule has 0 aromatic heterocycles. The molecule has 1 aromatic rings. The summed E-state index contributed by atoms with van der Waals surface area (Å²) in [5, 5.41) is 12.1. The molecule has 1 heterocycles. The van der Waals surface area contributed by atoms with E-state index in [1.165, 1.54) is 12.1 Å². The molecule has 4 nitrogen and oxygen atoms in total. The first-order valence-corrected chi connectivity index (χ1v) is 7.00. The van der Waals surface area contributed by atoms with Crippen molar-refractivity contribution in [2.24, 2.45) is 5.16 Å². The van der Waals surface area contributed by atoms with Crippen molar-refractivity contribution in [2.75, 3.05) is 0 Å². The van der Waals surface area contributed by atoms with Crippen LogP contribution in [0.2, 0.25) is 0 Å². The van der Waals surface area contributed by atoms with E-state index < -0.39 is 11.4 Å². The standard InChI is InChI=1S/C16H22FNO3/c1-10(18-19)12-7-6-11(17)8-13(12)20-14-9-15(2,3)21-16(14,4)5/h6-8,14,19H,9H2,1-5H3/b18-10-. The number of hydrogen-bond donors (Lipinski definition) is 1. The van der Waals surface area contributed by atoms with Gasteiger partial charge in [-0.2, -0.15) is 0 Å². The highest BCUT2D eigenvalue weighted by molar-refractivity contribution is 6.00. The number of halogens is 1. The Kier molecular flexibility index (Phi) is 3.97. The van der Waals surface area contributed by atoms with Gasteiger partial charge >= 0.3 is 0 Å². The molecule has 0 radical (unpaired) electrons. The SMILES string of the molecule is C/C(=N/O)c1ccc(F)cc1OC1CC(C)(C)OC1(C)C. The first-order chi connectivity index (χ1) is 9.64. The first kappa shape index (κ1) is 15.8. The summed E-state index contributed by atoms with van der Waals surface area (Å²) in [4.78, 5) is 0. The Bertz CT molecular complexity index is 567. The molecule has 1 N–H and O–H groups in total. The third kappa shape index (κ3) is 3.35. The van der Waals surface area contributed by atoms with Crippen molar-refractivity contribution in [1.82, 2.24) is 0 Å². The van der Waals surface area contributed by atoms with Gasteiger partial charge in [0.05, 0.1) is 11.3 Å². The Balaban J connectivity index is 2.33. The van der Waals surface area contributed by atoms with E-state index in [0.717, 1.165) is 0 Å². The van der Waals surface area contributed by atoms with Gasteiger partial charge in [0.25, 0.3) is 0 Å². The Morgan fingerprint density at radius 2 is 2.05 bits per heavy atom. The molecular weight excluding hydrogens is 273 g/mol. The summed E-state index contributed by atoms with van der Waals surface area (Å²) in [7, 11) is 0. The Hall–Kier alpha value is -1.62. The minimum atomic E-state index is -0.475. The fourth-order valence-electron chi connectivity index (χ4n) is 2.80. The monoisotopic (exact) mass is 295 g/mol. The molecule has 1 saturated heterocycles. The first-order valence-electron chi connectivity index (χ1n) is 7.00. The molecule has 2 rings (SSSR count). The van der Waals surface area contributed by atoms with Gasteiger partial charge in [-0.05, 0) is 46.8 Å². The van der Waals surface area contributed by atoms with E-state index in [-0.39, 0.29) is 11.7 Å². The highest BCUT2D eigenvalue weighted by Crippen LogP contribution is 2.40. The van der Waals surface area contributed by atoms with Gasteiger partial charge in [-0.1, -0.05) is 5.16 Å². The molecule has 5 heteroatoms. The molecule has 0 amide bonds. The lowest BCUT2D eigenvalue weighted by Gasteiger charge is -2.28. The number of benzene rings is 1. The Morgan fingerprint density at radius 3 is 2.57 bits per heavy atom. The molecular formula is C16H22FNO3. The minimum absolute atomic E-state index is 0.209. The van der Waals surface area contributed by atoms with Crippen LogP contribution < -0.4 is 4.74 Å². The van der Waals surface area contributed by atoms with Crippen LogP contribution in [-0.2, 0) is 4.74 Å². The summed E-state index contributed by atoms with van der Waals surface area (Å²) in [5.74, 6) is -0.0276. The smallest absolute Gasteiger partial charge is 0.131 e. The van der Waals surface area contributed by atoms with Crippen molar-refractivity contribution < 1.29 is 19.1 Å². The van der Waals surface area contributed by atoms with E-state index in [1.807, 2.05) is 27.7 Å². The number of oxime groups is 1. The van der Waals surface area contributed by atoms with Crippen molar-refractivity contribution in [3.63, 3.8) is 0 Å². The van der Waals surface area contributed by atoms with Gasteiger partial charge in [0.2, 0.25) is 0 Å². The molecule has 0 aliphatic carbocycles. The lowest BCUT2D eigenvalue weighted by Crippen LogP contribution is -2.37. The van der Waals surface area contributed by atoms with Crippen LogP contribution in [0.25, 0.3) is 0 Å². The van der Waals surface area contributed by atoms with E-state index in [4.69, 9.17) is 14.7 Å². The zero-order valence-electron chi connectivity index (χ0n) is 13.1. The van der Waals surface area contributed by atoms with Crippen molar-refractivity contribution in [2.45, 2.75) is 58.3 Å². The molecule has 21 heavy (non-hydrogen) atoms. The molecule has 1 unspecified atom stereocenters. The average Bonchev–Trinajstić information content (AvgIpc) is 2.56. The number of nitrogens with zero attached hydrogens (tertiary/aromatic N) is 1. The molecule has 1 aromatic carbocycles. The topological polar surface area (TPSA) is 51.1 Å².